The number of carbonyl (C=O) groups is 1. The van der Waals surface area contributed by atoms with Gasteiger partial charge in [-0.05, 0) is 38.0 Å². The second-order valence-corrected chi connectivity index (χ2v) is 7.88. The van der Waals surface area contributed by atoms with Gasteiger partial charge in [-0.2, -0.15) is 10.4 Å². The number of hydrogen-bond donors (Lipinski definition) is 1. The van der Waals surface area contributed by atoms with E-state index < -0.39 is 0 Å². The Labute approximate surface area is 173 Å². The van der Waals surface area contributed by atoms with Crippen molar-refractivity contribution < 1.29 is 4.79 Å². The van der Waals surface area contributed by atoms with Crippen LogP contribution in [0.2, 0.25) is 5.02 Å². The molecule has 1 aromatic carbocycles. The number of aromatic nitrogens is 4. The van der Waals surface area contributed by atoms with Crippen molar-refractivity contribution >= 4 is 17.5 Å². The zero-order chi connectivity index (χ0) is 20.5. The van der Waals surface area contributed by atoms with E-state index in [2.05, 4.69) is 15.4 Å². The normalized spacial score (nSPS) is 14.4. The average Bonchev–Trinajstić information content (AvgIpc) is 3.30. The van der Waals surface area contributed by atoms with Crippen LogP contribution in [0.4, 0.5) is 0 Å². The van der Waals surface area contributed by atoms with E-state index in [1.54, 1.807) is 23.0 Å². The summed E-state index contributed by atoms with van der Waals surface area (Å²) in [5, 5.41) is 16.9. The van der Waals surface area contributed by atoms with Crippen molar-refractivity contribution in [2.45, 2.75) is 38.3 Å². The van der Waals surface area contributed by atoms with Gasteiger partial charge in [0.05, 0.1) is 22.8 Å². The molecular weight excluding hydrogens is 388 g/mol. The smallest absolute Gasteiger partial charge is 0.271 e. The first-order valence-electron chi connectivity index (χ1n) is 9.52. The first kappa shape index (κ1) is 19.2. The highest BCUT2D eigenvalue weighted by molar-refractivity contribution is 6.32. The van der Waals surface area contributed by atoms with Crippen molar-refractivity contribution in [1.82, 2.24) is 24.6 Å². The van der Waals surface area contributed by atoms with Gasteiger partial charge in [0, 0.05) is 37.0 Å². The number of aryl methyl sites for hydroxylation is 1. The summed E-state index contributed by atoms with van der Waals surface area (Å²) in [4.78, 5) is 17.0. The molecule has 1 amide bonds. The Morgan fingerprint density at radius 3 is 2.90 bits per heavy atom. The van der Waals surface area contributed by atoms with Crippen LogP contribution in [-0.4, -0.2) is 31.3 Å². The Morgan fingerprint density at radius 1 is 1.41 bits per heavy atom. The van der Waals surface area contributed by atoms with Crippen LogP contribution in [0.3, 0.4) is 0 Å². The number of amides is 1. The highest BCUT2D eigenvalue weighted by atomic mass is 35.5. The van der Waals surface area contributed by atoms with Crippen molar-refractivity contribution in [1.29, 1.82) is 5.26 Å². The van der Waals surface area contributed by atoms with E-state index in [1.165, 1.54) is 0 Å². The van der Waals surface area contributed by atoms with Gasteiger partial charge in [-0.1, -0.05) is 17.7 Å². The van der Waals surface area contributed by atoms with Crippen LogP contribution >= 0.6 is 11.6 Å². The molecule has 0 saturated heterocycles. The zero-order valence-corrected chi connectivity index (χ0v) is 17.0. The predicted octanol–water partition coefficient (Wildman–Crippen LogP) is 3.50. The van der Waals surface area contributed by atoms with E-state index in [1.807, 2.05) is 42.9 Å². The van der Waals surface area contributed by atoms with Crippen LogP contribution in [0.5, 0.6) is 0 Å². The van der Waals surface area contributed by atoms with E-state index in [4.69, 9.17) is 16.9 Å². The molecule has 1 saturated carbocycles. The highest BCUT2D eigenvalue weighted by Crippen LogP contribution is 2.39. The number of rotatable bonds is 6. The largest absolute Gasteiger partial charge is 0.346 e. The minimum absolute atomic E-state index is 0.119. The number of nitrogens with zero attached hydrogens (tertiary/aromatic N) is 5. The van der Waals surface area contributed by atoms with Crippen molar-refractivity contribution in [2.75, 3.05) is 0 Å². The van der Waals surface area contributed by atoms with Crippen molar-refractivity contribution in [3.05, 3.63) is 58.8 Å². The molecule has 0 unspecified atom stereocenters. The molecule has 4 rings (SSSR count). The molecule has 3 aromatic rings. The van der Waals surface area contributed by atoms with Gasteiger partial charge in [0.25, 0.3) is 5.91 Å². The summed E-state index contributed by atoms with van der Waals surface area (Å²) in [7, 11) is 1.93. The minimum atomic E-state index is -0.175. The van der Waals surface area contributed by atoms with Crippen LogP contribution < -0.4 is 5.32 Å². The molecule has 8 heteroatoms. The van der Waals surface area contributed by atoms with Gasteiger partial charge < -0.3 is 9.88 Å². The fourth-order valence-corrected chi connectivity index (χ4v) is 3.54. The highest BCUT2D eigenvalue weighted by Gasteiger charge is 2.29. The monoisotopic (exact) mass is 408 g/mol. The molecule has 1 N–H and O–H groups in total. The van der Waals surface area contributed by atoms with Gasteiger partial charge in [-0.3, -0.25) is 9.48 Å². The van der Waals surface area contributed by atoms with Gasteiger partial charge in [0.15, 0.2) is 0 Å². The molecule has 1 atom stereocenters. The maximum absolute atomic E-state index is 12.5. The van der Waals surface area contributed by atoms with Gasteiger partial charge in [0.2, 0.25) is 0 Å². The second-order valence-electron chi connectivity index (χ2n) is 7.47. The molecule has 1 aliphatic rings. The molecule has 1 fully saturated rings. The van der Waals surface area contributed by atoms with Crippen molar-refractivity contribution in [3.8, 4) is 17.3 Å². The van der Waals surface area contributed by atoms with Gasteiger partial charge in [-0.15, -0.1) is 0 Å². The van der Waals surface area contributed by atoms with Crippen LogP contribution in [0, 0.1) is 11.3 Å². The van der Waals surface area contributed by atoms with E-state index >= 15 is 0 Å². The number of benzene rings is 1. The van der Waals surface area contributed by atoms with E-state index in [-0.39, 0.29) is 11.9 Å². The third-order valence-corrected chi connectivity index (χ3v) is 5.26. The molecule has 2 heterocycles. The maximum atomic E-state index is 12.5. The van der Waals surface area contributed by atoms with Crippen LogP contribution in [0.15, 0.2) is 36.7 Å². The Kier molecular flexibility index (Phi) is 5.12. The molecule has 148 valence electrons. The minimum Gasteiger partial charge on any atom is -0.346 e. The lowest BCUT2D eigenvalue weighted by Crippen LogP contribution is -2.36. The summed E-state index contributed by atoms with van der Waals surface area (Å²) >= 11 is 6.11. The first-order chi connectivity index (χ1) is 13.9. The van der Waals surface area contributed by atoms with Crippen LogP contribution in [0.1, 0.15) is 47.6 Å². The molecule has 0 radical (unpaired) electrons. The molecular formula is C21H21ClN6O. The van der Waals surface area contributed by atoms with Gasteiger partial charge >= 0.3 is 0 Å². The summed E-state index contributed by atoms with van der Waals surface area (Å²) < 4.78 is 3.72. The van der Waals surface area contributed by atoms with E-state index in [9.17, 15) is 4.79 Å². The summed E-state index contributed by atoms with van der Waals surface area (Å²) in [6, 6.07) is 9.05. The molecule has 0 spiro atoms. The first-order valence-corrected chi connectivity index (χ1v) is 9.90. The van der Waals surface area contributed by atoms with Crippen LogP contribution in [0.25, 0.3) is 11.3 Å². The Balaban J connectivity index is 1.39. The summed E-state index contributed by atoms with van der Waals surface area (Å²) in [6.45, 7) is 2.46. The third-order valence-electron chi connectivity index (χ3n) is 4.95. The van der Waals surface area contributed by atoms with E-state index in [0.717, 1.165) is 29.9 Å². The Morgan fingerprint density at radius 2 is 2.21 bits per heavy atom. The molecule has 1 aliphatic carbocycles. The fraction of sp³-hybridized carbons (Fsp3) is 0.333. The van der Waals surface area contributed by atoms with Gasteiger partial charge in [0.1, 0.15) is 17.6 Å². The number of nitriles is 1. The lowest BCUT2D eigenvalue weighted by molar-refractivity contribution is 0.0931. The third kappa shape index (κ3) is 4.17. The lowest BCUT2D eigenvalue weighted by Gasteiger charge is -2.13. The number of imidazole rings is 1. The summed E-state index contributed by atoms with van der Waals surface area (Å²) in [5.41, 5.74) is 2.49. The zero-order valence-electron chi connectivity index (χ0n) is 16.3. The Bertz CT molecular complexity index is 1100. The quantitative estimate of drug-likeness (QED) is 0.676. The van der Waals surface area contributed by atoms with Crippen molar-refractivity contribution in [2.24, 2.45) is 7.05 Å². The number of nitrogens with one attached hydrogen (secondary N) is 1. The topological polar surface area (TPSA) is 88.5 Å². The molecule has 0 bridgehead atoms. The number of carbonyl (C=O) groups excluding carboxylic acids is 1. The molecule has 29 heavy (non-hydrogen) atoms. The second kappa shape index (κ2) is 7.72. The standard InChI is InChI=1S/C21H21ClN6O/c1-13(24-21(29)19-12-27(2)20(25-19)14-3-4-14)11-28-8-7-18(26-28)15-5-6-16(10-23)17(22)9-15/h5-9,12-14H,3-4,11H2,1-2H3,(H,24,29)/t13-/m0/s1. The lowest BCUT2D eigenvalue weighted by atomic mass is 10.1. The summed E-state index contributed by atoms with van der Waals surface area (Å²) in [5.74, 6) is 1.31. The number of halogens is 1. The van der Waals surface area contributed by atoms with Crippen molar-refractivity contribution in [3.63, 3.8) is 0 Å². The Hall–Kier alpha value is -3.11. The molecule has 2 aromatic heterocycles. The molecule has 0 aliphatic heterocycles. The van der Waals surface area contributed by atoms with Gasteiger partial charge in [-0.25, -0.2) is 4.98 Å². The van der Waals surface area contributed by atoms with Crippen LogP contribution in [-0.2, 0) is 13.6 Å². The number of hydrogen-bond acceptors (Lipinski definition) is 4. The maximum Gasteiger partial charge on any atom is 0.271 e. The summed E-state index contributed by atoms with van der Waals surface area (Å²) in [6.07, 6.45) is 5.94. The van der Waals surface area contributed by atoms with E-state index in [0.29, 0.717) is 28.7 Å². The molecule has 7 nitrogen and oxygen atoms in total. The SMILES string of the molecule is C[C@@H](Cn1ccc(-c2ccc(C#N)c(Cl)c2)n1)NC(=O)c1cn(C)c(C2CC2)n1. The fourth-order valence-electron chi connectivity index (χ4n) is 3.32. The average molecular weight is 409 g/mol. The predicted molar refractivity (Wildman–Crippen MR) is 109 cm³/mol.